The van der Waals surface area contributed by atoms with Crippen LogP contribution in [0.4, 0.5) is 0 Å². The van der Waals surface area contributed by atoms with E-state index in [0.717, 1.165) is 6.54 Å². The van der Waals surface area contributed by atoms with E-state index >= 15 is 0 Å². The lowest BCUT2D eigenvalue weighted by Gasteiger charge is -2.01. The van der Waals surface area contributed by atoms with E-state index in [1.807, 2.05) is 69.0 Å². The van der Waals surface area contributed by atoms with Gasteiger partial charge in [0, 0.05) is 6.20 Å². The van der Waals surface area contributed by atoms with Crippen LogP contribution < -0.4 is 0 Å². The molecule has 0 saturated heterocycles. The fourth-order valence-corrected chi connectivity index (χ4v) is 2.16. The highest BCUT2D eigenvalue weighted by molar-refractivity contribution is 5.17. The van der Waals surface area contributed by atoms with Gasteiger partial charge in [0.05, 0.1) is 12.7 Å². The van der Waals surface area contributed by atoms with Gasteiger partial charge in [0.1, 0.15) is 0 Å². The molecule has 2 aromatic carbocycles. The van der Waals surface area contributed by atoms with Crippen LogP contribution in [0.3, 0.4) is 0 Å². The minimum absolute atomic E-state index is 0.659. The molecule has 2 heteroatoms. The van der Waals surface area contributed by atoms with Crippen molar-refractivity contribution >= 4 is 0 Å². The number of aromatic nitrogens is 2. The van der Waals surface area contributed by atoms with Crippen LogP contribution in [0.15, 0.2) is 73.1 Å². The lowest BCUT2D eigenvalue weighted by Crippen LogP contribution is -1.98. The van der Waals surface area contributed by atoms with Gasteiger partial charge in [-0.2, -0.15) is 5.10 Å². The summed E-state index contributed by atoms with van der Waals surface area (Å²) in [6, 6.07) is 20.9. The van der Waals surface area contributed by atoms with Gasteiger partial charge in [0.15, 0.2) is 0 Å². The zero-order chi connectivity index (χ0) is 19.8. The summed E-state index contributed by atoms with van der Waals surface area (Å²) in [5.74, 6) is 0.659. The Kier molecular flexibility index (Phi) is 13.6. The average molecular weight is 353 g/mol. The SMILES string of the molecule is CC.CC.CC(C)c1ccccc1.Cc1cnn(Cc2ccccc2)c1. The topological polar surface area (TPSA) is 17.8 Å². The molecular weight excluding hydrogens is 316 g/mol. The first kappa shape index (κ1) is 23.7. The highest BCUT2D eigenvalue weighted by atomic mass is 15.3. The van der Waals surface area contributed by atoms with Crippen LogP contribution in [-0.2, 0) is 6.54 Å². The molecule has 0 aliphatic rings. The number of hydrogen-bond donors (Lipinski definition) is 0. The van der Waals surface area contributed by atoms with Crippen molar-refractivity contribution in [3.63, 3.8) is 0 Å². The predicted octanol–water partition coefficient (Wildman–Crippen LogP) is 7.10. The maximum atomic E-state index is 4.23. The Hall–Kier alpha value is -2.35. The summed E-state index contributed by atoms with van der Waals surface area (Å²) in [5, 5.41) is 4.23. The molecule has 2 nitrogen and oxygen atoms in total. The van der Waals surface area contributed by atoms with Gasteiger partial charge < -0.3 is 0 Å². The number of benzene rings is 2. The van der Waals surface area contributed by atoms with Crippen LogP contribution in [-0.4, -0.2) is 9.78 Å². The molecule has 3 aromatic rings. The summed E-state index contributed by atoms with van der Waals surface area (Å²) < 4.78 is 1.95. The summed E-state index contributed by atoms with van der Waals surface area (Å²) in [6.07, 6.45) is 3.93. The summed E-state index contributed by atoms with van der Waals surface area (Å²) in [7, 11) is 0. The Labute approximate surface area is 160 Å². The first-order valence-electron chi connectivity index (χ1n) is 9.73. The second-order valence-corrected chi connectivity index (χ2v) is 5.77. The lowest BCUT2D eigenvalue weighted by atomic mass is 10.0. The van der Waals surface area contributed by atoms with Crippen LogP contribution in [0.2, 0.25) is 0 Å². The number of nitrogens with zero attached hydrogens (tertiary/aromatic N) is 2. The zero-order valence-electron chi connectivity index (χ0n) is 17.6. The molecule has 0 aliphatic carbocycles. The molecule has 0 N–H and O–H groups in total. The molecule has 0 unspecified atom stereocenters. The number of rotatable bonds is 3. The zero-order valence-corrected chi connectivity index (χ0v) is 17.6. The Morgan fingerprint density at radius 2 is 1.31 bits per heavy atom. The smallest absolute Gasteiger partial charge is 0.0659 e. The summed E-state index contributed by atoms with van der Waals surface area (Å²) in [6.45, 7) is 15.3. The molecule has 0 atom stereocenters. The van der Waals surface area contributed by atoms with Gasteiger partial charge in [-0.1, -0.05) is 102 Å². The van der Waals surface area contributed by atoms with E-state index < -0.39 is 0 Å². The monoisotopic (exact) mass is 352 g/mol. The summed E-state index contributed by atoms with van der Waals surface area (Å²) >= 11 is 0. The minimum atomic E-state index is 0.659. The molecule has 0 fully saturated rings. The first-order chi connectivity index (χ1) is 12.6. The molecule has 1 heterocycles. The van der Waals surface area contributed by atoms with Crippen molar-refractivity contribution < 1.29 is 0 Å². The third kappa shape index (κ3) is 9.83. The second kappa shape index (κ2) is 14.9. The van der Waals surface area contributed by atoms with E-state index in [1.165, 1.54) is 16.7 Å². The normalized spacial score (nSPS) is 9.08. The molecule has 0 aliphatic heterocycles. The van der Waals surface area contributed by atoms with Crippen LogP contribution in [0.25, 0.3) is 0 Å². The standard InChI is InChI=1S/C11H12N2.C9H12.2C2H6/c1-10-7-12-13(8-10)9-11-5-3-2-4-6-11;1-8(2)9-6-4-3-5-7-9;2*1-2/h2-8H,9H2,1H3;3-8H,1-2H3;2*1-2H3. The molecule has 3 rings (SSSR count). The first-order valence-corrected chi connectivity index (χ1v) is 9.73. The highest BCUT2D eigenvalue weighted by Gasteiger charge is 1.95. The van der Waals surface area contributed by atoms with Gasteiger partial charge in [-0.25, -0.2) is 0 Å². The van der Waals surface area contributed by atoms with Crippen LogP contribution in [0.1, 0.15) is 64.2 Å². The van der Waals surface area contributed by atoms with E-state index in [2.05, 4.69) is 62.3 Å². The molecule has 0 bridgehead atoms. The predicted molar refractivity (Wildman–Crippen MR) is 116 cm³/mol. The number of aryl methyl sites for hydroxylation is 1. The molecule has 26 heavy (non-hydrogen) atoms. The van der Waals surface area contributed by atoms with Gasteiger partial charge in [-0.05, 0) is 29.5 Å². The average Bonchev–Trinajstić information content (AvgIpc) is 3.11. The van der Waals surface area contributed by atoms with Crippen LogP contribution in [0.5, 0.6) is 0 Å². The maximum Gasteiger partial charge on any atom is 0.0659 e. The molecule has 0 saturated carbocycles. The van der Waals surface area contributed by atoms with E-state index in [0.29, 0.717) is 5.92 Å². The largest absolute Gasteiger partial charge is 0.268 e. The molecule has 0 spiro atoms. The Bertz CT molecular complexity index is 655. The van der Waals surface area contributed by atoms with Crippen LogP contribution in [0, 0.1) is 6.92 Å². The molecule has 0 amide bonds. The quantitative estimate of drug-likeness (QED) is 0.491. The number of hydrogen-bond acceptors (Lipinski definition) is 1. The van der Waals surface area contributed by atoms with Crippen molar-refractivity contribution in [2.45, 2.75) is 60.9 Å². The van der Waals surface area contributed by atoms with Crippen molar-refractivity contribution in [2.24, 2.45) is 0 Å². The highest BCUT2D eigenvalue weighted by Crippen LogP contribution is 2.11. The fraction of sp³-hybridized carbons (Fsp3) is 0.375. The molecule has 0 radical (unpaired) electrons. The van der Waals surface area contributed by atoms with Gasteiger partial charge in [-0.3, -0.25) is 4.68 Å². The van der Waals surface area contributed by atoms with Crippen molar-refractivity contribution in [2.75, 3.05) is 0 Å². The van der Waals surface area contributed by atoms with E-state index in [1.54, 1.807) is 0 Å². The van der Waals surface area contributed by atoms with Crippen molar-refractivity contribution in [3.8, 4) is 0 Å². The second-order valence-electron chi connectivity index (χ2n) is 5.77. The Balaban J connectivity index is 0.000000422. The molecule has 142 valence electrons. The summed E-state index contributed by atoms with van der Waals surface area (Å²) in [4.78, 5) is 0. The fourth-order valence-electron chi connectivity index (χ4n) is 2.16. The van der Waals surface area contributed by atoms with Crippen molar-refractivity contribution in [3.05, 3.63) is 89.7 Å². The Morgan fingerprint density at radius 3 is 1.69 bits per heavy atom. The lowest BCUT2D eigenvalue weighted by molar-refractivity contribution is 0.686. The van der Waals surface area contributed by atoms with E-state index in [4.69, 9.17) is 0 Å². The Morgan fingerprint density at radius 1 is 0.808 bits per heavy atom. The molecule has 1 aromatic heterocycles. The van der Waals surface area contributed by atoms with Gasteiger partial charge >= 0.3 is 0 Å². The summed E-state index contributed by atoms with van der Waals surface area (Å²) in [5.41, 5.74) is 3.90. The van der Waals surface area contributed by atoms with Crippen molar-refractivity contribution in [1.82, 2.24) is 9.78 Å². The van der Waals surface area contributed by atoms with Gasteiger partial charge in [0.2, 0.25) is 0 Å². The minimum Gasteiger partial charge on any atom is -0.268 e. The van der Waals surface area contributed by atoms with Crippen molar-refractivity contribution in [1.29, 1.82) is 0 Å². The molecular formula is C24H36N2. The van der Waals surface area contributed by atoms with E-state index in [9.17, 15) is 0 Å². The van der Waals surface area contributed by atoms with Gasteiger partial charge in [-0.15, -0.1) is 0 Å². The van der Waals surface area contributed by atoms with Gasteiger partial charge in [0.25, 0.3) is 0 Å². The third-order valence-corrected chi connectivity index (χ3v) is 3.42. The maximum absolute atomic E-state index is 4.23. The van der Waals surface area contributed by atoms with Crippen LogP contribution >= 0.6 is 0 Å². The van der Waals surface area contributed by atoms with E-state index in [-0.39, 0.29) is 0 Å². The third-order valence-electron chi connectivity index (χ3n) is 3.42.